The molecule has 0 rings (SSSR count). The van der Waals surface area contributed by atoms with Crippen molar-refractivity contribution >= 4 is 24.8 Å². The third-order valence-electron chi connectivity index (χ3n) is 0.258. The van der Waals surface area contributed by atoms with Gasteiger partial charge in [0.2, 0.25) is 0 Å². The van der Waals surface area contributed by atoms with Crippen LogP contribution in [0.4, 0.5) is 0 Å². The first kappa shape index (κ1) is 22.8. The average Bonchev–Trinajstić information content (AvgIpc) is 1.88. The molecule has 0 aromatic heterocycles. The molecule has 0 aliphatic heterocycles. The molecule has 0 heterocycles. The molecular formula is C7H11Cl2N. The summed E-state index contributed by atoms with van der Waals surface area (Å²) in [5, 5.41) is 7.51. The molecule has 0 saturated heterocycles. The second-order valence-electron chi connectivity index (χ2n) is 0.805. The van der Waals surface area contributed by atoms with Crippen molar-refractivity contribution in [3.8, 4) is 6.07 Å². The molecule has 0 unspecified atom stereocenters. The van der Waals surface area contributed by atoms with E-state index < -0.39 is 0 Å². The molecule has 0 saturated carbocycles. The maximum atomic E-state index is 7.51. The fraction of sp³-hybridized carbons (Fsp3) is 0. The van der Waals surface area contributed by atoms with E-state index in [1.165, 1.54) is 6.08 Å². The van der Waals surface area contributed by atoms with Crippen LogP contribution in [0.15, 0.2) is 38.0 Å². The summed E-state index contributed by atoms with van der Waals surface area (Å²) in [5.41, 5.74) is 0. The molecule has 10 heavy (non-hydrogen) atoms. The zero-order valence-electron chi connectivity index (χ0n) is 5.62. The normalized spacial score (nSPS) is 3.50. The average molecular weight is 180 g/mol. The number of halogens is 2. The lowest BCUT2D eigenvalue weighted by molar-refractivity contribution is 1.54. The Balaban J connectivity index is -0.0000000300. The number of nitrogens with zero attached hydrogens (tertiary/aromatic N) is 1. The Labute approximate surface area is 74.6 Å². The third-order valence-corrected chi connectivity index (χ3v) is 0.258. The van der Waals surface area contributed by atoms with Gasteiger partial charge in [0.1, 0.15) is 0 Å². The van der Waals surface area contributed by atoms with Gasteiger partial charge in [0, 0.05) is 6.08 Å². The van der Waals surface area contributed by atoms with E-state index in [1.807, 2.05) is 0 Å². The van der Waals surface area contributed by atoms with Crippen molar-refractivity contribution in [2.75, 3.05) is 0 Å². The minimum absolute atomic E-state index is 0. The van der Waals surface area contributed by atoms with Crippen LogP contribution in [0.2, 0.25) is 0 Å². The first-order chi connectivity index (χ1) is 3.83. The summed E-state index contributed by atoms with van der Waals surface area (Å²) in [6, 6.07) is 1.69. The lowest BCUT2D eigenvalue weighted by Gasteiger charge is -1.44. The summed E-state index contributed by atoms with van der Waals surface area (Å²) in [6.07, 6.45) is 4.46. The van der Waals surface area contributed by atoms with Crippen LogP contribution in [0.3, 0.4) is 0 Å². The van der Waals surface area contributed by atoms with Gasteiger partial charge in [0.15, 0.2) is 0 Å². The summed E-state index contributed by atoms with van der Waals surface area (Å²) in [4.78, 5) is 0. The molecule has 0 N–H and O–H groups in total. The number of rotatable bonds is 1. The summed E-state index contributed by atoms with van der Waals surface area (Å²) in [7, 11) is 0. The smallest absolute Gasteiger partial charge is 0.0905 e. The highest BCUT2D eigenvalue weighted by Crippen LogP contribution is 1.52. The standard InChI is InChI=1S/C4H6.C3H3N.2ClH/c1-3-4-2;1-2-3-4;;/h3-4H,1-2H2;2H,1H2;2*1H. The highest BCUT2D eigenvalue weighted by molar-refractivity contribution is 5.85. The van der Waals surface area contributed by atoms with Crippen LogP contribution in [-0.2, 0) is 0 Å². The van der Waals surface area contributed by atoms with Gasteiger partial charge in [-0.2, -0.15) is 5.26 Å². The number of hydrogen-bond acceptors (Lipinski definition) is 1. The molecule has 0 fully saturated rings. The van der Waals surface area contributed by atoms with E-state index in [0.717, 1.165) is 0 Å². The highest BCUT2D eigenvalue weighted by Gasteiger charge is 1.34. The Morgan fingerprint density at radius 1 is 1.00 bits per heavy atom. The fourth-order valence-electron chi connectivity index (χ4n) is 0. The lowest BCUT2D eigenvalue weighted by Crippen LogP contribution is -1.23. The first-order valence-electron chi connectivity index (χ1n) is 2.07. The topological polar surface area (TPSA) is 23.8 Å². The molecule has 0 aliphatic rings. The first-order valence-corrected chi connectivity index (χ1v) is 2.07. The van der Waals surface area contributed by atoms with Gasteiger partial charge in [0.05, 0.1) is 6.07 Å². The number of nitriles is 1. The largest absolute Gasteiger partial charge is 0.193 e. The highest BCUT2D eigenvalue weighted by atomic mass is 35.5. The number of allylic oxidation sites excluding steroid dienone is 3. The van der Waals surface area contributed by atoms with E-state index in [0.29, 0.717) is 0 Å². The van der Waals surface area contributed by atoms with Gasteiger partial charge in [0.25, 0.3) is 0 Å². The summed E-state index contributed by atoms with van der Waals surface area (Å²) in [5.74, 6) is 0. The van der Waals surface area contributed by atoms with E-state index in [-0.39, 0.29) is 24.8 Å². The molecule has 0 bridgehead atoms. The zero-order chi connectivity index (χ0) is 6.83. The van der Waals surface area contributed by atoms with Crippen LogP contribution >= 0.6 is 24.8 Å². The molecule has 1 nitrogen and oxygen atoms in total. The van der Waals surface area contributed by atoms with Crippen molar-refractivity contribution in [2.45, 2.75) is 0 Å². The van der Waals surface area contributed by atoms with E-state index >= 15 is 0 Å². The Morgan fingerprint density at radius 2 is 1.20 bits per heavy atom. The summed E-state index contributed by atoms with van der Waals surface area (Å²) >= 11 is 0. The van der Waals surface area contributed by atoms with E-state index in [9.17, 15) is 0 Å². The predicted octanol–water partition coefficient (Wildman–Crippen LogP) is 2.90. The Morgan fingerprint density at radius 3 is 1.20 bits per heavy atom. The van der Waals surface area contributed by atoms with Gasteiger partial charge in [-0.1, -0.05) is 31.9 Å². The van der Waals surface area contributed by atoms with E-state index in [2.05, 4.69) is 19.7 Å². The number of hydrogen-bond donors (Lipinski definition) is 0. The quantitative estimate of drug-likeness (QED) is 0.449. The van der Waals surface area contributed by atoms with Crippen molar-refractivity contribution in [2.24, 2.45) is 0 Å². The molecule has 0 radical (unpaired) electrons. The van der Waals surface area contributed by atoms with Gasteiger partial charge >= 0.3 is 0 Å². The van der Waals surface area contributed by atoms with Gasteiger partial charge < -0.3 is 0 Å². The molecule has 0 atom stereocenters. The van der Waals surface area contributed by atoms with Crippen LogP contribution < -0.4 is 0 Å². The molecule has 0 spiro atoms. The zero-order valence-corrected chi connectivity index (χ0v) is 7.25. The Hall–Kier alpha value is -0.710. The SMILES string of the molecule is C=CC#N.C=CC=C.Cl.Cl. The molecule has 0 aromatic rings. The maximum Gasteiger partial charge on any atom is 0.0905 e. The monoisotopic (exact) mass is 179 g/mol. The summed E-state index contributed by atoms with van der Waals surface area (Å²) < 4.78 is 0. The fourth-order valence-corrected chi connectivity index (χ4v) is 0. The van der Waals surface area contributed by atoms with Gasteiger partial charge in [-0.15, -0.1) is 24.8 Å². The molecule has 58 valence electrons. The summed E-state index contributed by atoms with van der Waals surface area (Å²) in [6.45, 7) is 9.84. The van der Waals surface area contributed by atoms with E-state index in [4.69, 9.17) is 5.26 Å². The van der Waals surface area contributed by atoms with Crippen LogP contribution in [0.1, 0.15) is 0 Å². The van der Waals surface area contributed by atoms with Gasteiger partial charge in [-0.05, 0) is 0 Å². The van der Waals surface area contributed by atoms with Crippen molar-refractivity contribution < 1.29 is 0 Å². The second kappa shape index (κ2) is 40.7. The molecular weight excluding hydrogens is 169 g/mol. The second-order valence-corrected chi connectivity index (χ2v) is 0.805. The van der Waals surface area contributed by atoms with Crippen molar-refractivity contribution in [1.82, 2.24) is 0 Å². The van der Waals surface area contributed by atoms with Crippen LogP contribution in [0.5, 0.6) is 0 Å². The third kappa shape index (κ3) is 173. The van der Waals surface area contributed by atoms with Crippen LogP contribution in [-0.4, -0.2) is 0 Å². The molecule has 0 aliphatic carbocycles. The lowest BCUT2D eigenvalue weighted by atomic mass is 10.6. The Bertz CT molecular complexity index is 107. The molecule has 3 heteroatoms. The van der Waals surface area contributed by atoms with Crippen molar-refractivity contribution in [3.05, 3.63) is 38.0 Å². The minimum atomic E-state index is 0. The maximum absolute atomic E-state index is 7.51. The van der Waals surface area contributed by atoms with Crippen molar-refractivity contribution in [3.63, 3.8) is 0 Å². The van der Waals surface area contributed by atoms with Crippen molar-refractivity contribution in [1.29, 1.82) is 5.26 Å². The van der Waals surface area contributed by atoms with Crippen LogP contribution in [0.25, 0.3) is 0 Å². The van der Waals surface area contributed by atoms with Gasteiger partial charge in [-0.3, -0.25) is 0 Å². The molecule has 0 amide bonds. The van der Waals surface area contributed by atoms with Crippen LogP contribution in [0, 0.1) is 11.3 Å². The minimum Gasteiger partial charge on any atom is -0.193 e. The van der Waals surface area contributed by atoms with E-state index in [1.54, 1.807) is 18.2 Å². The van der Waals surface area contributed by atoms with Gasteiger partial charge in [-0.25, -0.2) is 0 Å². The predicted molar refractivity (Wildman–Crippen MR) is 50.7 cm³/mol. The molecule has 0 aromatic carbocycles. The Kier molecular flexibility index (Phi) is 92.9.